The molecular weight excluding hydrogens is 434 g/mol. The molecule has 1 heterocycles. The van der Waals surface area contributed by atoms with Gasteiger partial charge in [0.1, 0.15) is 34.3 Å². The number of thioether (sulfide) groups is 1. The second-order valence-electron chi connectivity index (χ2n) is 7.08. The molecule has 0 aliphatic carbocycles. The lowest BCUT2D eigenvalue weighted by Gasteiger charge is -2.13. The third-order valence-electron chi connectivity index (χ3n) is 4.99. The number of carbonyl (C=O) groups excluding carboxylic acids is 1. The second kappa shape index (κ2) is 11.0. The van der Waals surface area contributed by atoms with E-state index in [-0.39, 0.29) is 29.3 Å². The van der Waals surface area contributed by atoms with Crippen LogP contribution in [-0.2, 0) is 11.2 Å². The summed E-state index contributed by atoms with van der Waals surface area (Å²) in [7, 11) is 1.56. The molecule has 3 rings (SSSR count). The molecule has 0 aliphatic rings. The smallest absolute Gasteiger partial charge is 0.225 e. The summed E-state index contributed by atoms with van der Waals surface area (Å²) in [6.45, 7) is 2.06. The molecule has 0 saturated carbocycles. The van der Waals surface area contributed by atoms with Crippen molar-refractivity contribution < 1.29 is 9.53 Å². The summed E-state index contributed by atoms with van der Waals surface area (Å²) in [4.78, 5) is 16.6. The van der Waals surface area contributed by atoms with Crippen molar-refractivity contribution in [3.05, 3.63) is 65.2 Å². The molecule has 166 valence electrons. The number of nitrogens with zero attached hydrogens (tertiary/aromatic N) is 3. The Balaban J connectivity index is 1.80. The van der Waals surface area contributed by atoms with Gasteiger partial charge < -0.3 is 15.8 Å². The molecule has 0 spiro atoms. The van der Waals surface area contributed by atoms with Crippen LogP contribution in [0.4, 0.5) is 11.5 Å². The van der Waals surface area contributed by atoms with Gasteiger partial charge in [0.25, 0.3) is 0 Å². The molecule has 1 amide bonds. The quantitative estimate of drug-likeness (QED) is 0.467. The van der Waals surface area contributed by atoms with Gasteiger partial charge in [-0.2, -0.15) is 10.5 Å². The predicted molar refractivity (Wildman–Crippen MR) is 130 cm³/mol. The lowest BCUT2D eigenvalue weighted by Crippen LogP contribution is -2.12. The number of nitrogen functional groups attached to an aromatic ring is 1. The normalized spacial score (nSPS) is 10.2. The van der Waals surface area contributed by atoms with Gasteiger partial charge in [-0.1, -0.05) is 37.3 Å². The SMILES string of the molecule is CCc1ccc(-c2c(C#N)c(N)nc(SCCC(=O)Nc3cccc(OC)c3)c2C#N)cc1. The largest absolute Gasteiger partial charge is 0.497 e. The van der Waals surface area contributed by atoms with Gasteiger partial charge >= 0.3 is 0 Å². The van der Waals surface area contributed by atoms with Crippen molar-refractivity contribution in [1.29, 1.82) is 10.5 Å². The van der Waals surface area contributed by atoms with E-state index in [2.05, 4.69) is 29.4 Å². The summed E-state index contributed by atoms with van der Waals surface area (Å²) in [6, 6.07) is 19.0. The van der Waals surface area contributed by atoms with Crippen LogP contribution < -0.4 is 15.8 Å². The summed E-state index contributed by atoms with van der Waals surface area (Å²) < 4.78 is 5.16. The van der Waals surface area contributed by atoms with Crippen LogP contribution in [0, 0.1) is 22.7 Å². The molecule has 2 aromatic carbocycles. The van der Waals surface area contributed by atoms with Gasteiger partial charge in [0.15, 0.2) is 0 Å². The first-order valence-electron chi connectivity index (χ1n) is 10.3. The Labute approximate surface area is 197 Å². The van der Waals surface area contributed by atoms with E-state index in [0.29, 0.717) is 27.8 Å². The maximum absolute atomic E-state index is 12.4. The van der Waals surface area contributed by atoms with E-state index in [1.807, 2.05) is 24.3 Å². The first-order valence-corrected chi connectivity index (χ1v) is 11.3. The molecule has 0 fully saturated rings. The number of nitrogens with one attached hydrogen (secondary N) is 1. The van der Waals surface area contributed by atoms with Crippen LogP contribution in [0.5, 0.6) is 5.75 Å². The zero-order valence-electron chi connectivity index (χ0n) is 18.4. The molecule has 3 aromatic rings. The van der Waals surface area contributed by atoms with Crippen molar-refractivity contribution in [3.63, 3.8) is 0 Å². The van der Waals surface area contributed by atoms with Gasteiger partial charge in [-0.25, -0.2) is 4.98 Å². The molecular formula is C25H23N5O2S. The number of rotatable bonds is 8. The number of anilines is 2. The lowest BCUT2D eigenvalue weighted by molar-refractivity contribution is -0.115. The van der Waals surface area contributed by atoms with Crippen LogP contribution in [0.2, 0.25) is 0 Å². The topological polar surface area (TPSA) is 125 Å². The van der Waals surface area contributed by atoms with Crippen molar-refractivity contribution >= 4 is 29.2 Å². The molecule has 1 aromatic heterocycles. The minimum absolute atomic E-state index is 0.0643. The Hall–Kier alpha value is -4.01. The van der Waals surface area contributed by atoms with Crippen molar-refractivity contribution in [2.45, 2.75) is 24.8 Å². The summed E-state index contributed by atoms with van der Waals surface area (Å²) in [5.41, 5.74) is 9.51. The van der Waals surface area contributed by atoms with Crippen LogP contribution in [0.3, 0.4) is 0 Å². The van der Waals surface area contributed by atoms with Gasteiger partial charge in [0, 0.05) is 29.5 Å². The average Bonchev–Trinajstić information content (AvgIpc) is 2.83. The molecule has 0 aliphatic heterocycles. The average molecular weight is 458 g/mol. The number of hydrogen-bond donors (Lipinski definition) is 2. The minimum Gasteiger partial charge on any atom is -0.497 e. The molecule has 0 unspecified atom stereocenters. The number of nitriles is 2. The van der Waals surface area contributed by atoms with E-state index in [1.54, 1.807) is 31.4 Å². The highest BCUT2D eigenvalue weighted by molar-refractivity contribution is 7.99. The number of pyridine rings is 1. The van der Waals surface area contributed by atoms with Gasteiger partial charge in [-0.15, -0.1) is 11.8 Å². The first kappa shape index (κ1) is 23.6. The van der Waals surface area contributed by atoms with E-state index in [1.165, 1.54) is 11.8 Å². The Bertz CT molecular complexity index is 1240. The molecule has 3 N–H and O–H groups in total. The highest BCUT2D eigenvalue weighted by Crippen LogP contribution is 2.36. The number of benzene rings is 2. The molecule has 0 radical (unpaired) electrons. The summed E-state index contributed by atoms with van der Waals surface area (Å²) >= 11 is 1.26. The van der Waals surface area contributed by atoms with E-state index < -0.39 is 0 Å². The lowest BCUT2D eigenvalue weighted by atomic mass is 9.96. The Morgan fingerprint density at radius 1 is 1.15 bits per heavy atom. The fourth-order valence-corrected chi connectivity index (χ4v) is 4.20. The zero-order chi connectivity index (χ0) is 23.8. The highest BCUT2D eigenvalue weighted by Gasteiger charge is 2.20. The summed E-state index contributed by atoms with van der Waals surface area (Å²) in [5.74, 6) is 0.926. The Morgan fingerprint density at radius 3 is 2.52 bits per heavy atom. The van der Waals surface area contributed by atoms with Crippen LogP contribution in [0.1, 0.15) is 30.0 Å². The molecule has 33 heavy (non-hydrogen) atoms. The van der Waals surface area contributed by atoms with E-state index in [9.17, 15) is 15.3 Å². The molecule has 0 saturated heterocycles. The number of aryl methyl sites for hydroxylation is 1. The van der Waals surface area contributed by atoms with Crippen molar-refractivity contribution in [1.82, 2.24) is 4.98 Å². The summed E-state index contributed by atoms with van der Waals surface area (Å²) in [5, 5.41) is 22.8. The van der Waals surface area contributed by atoms with E-state index >= 15 is 0 Å². The molecule has 0 bridgehead atoms. The van der Waals surface area contributed by atoms with Gasteiger partial charge in [0.05, 0.1) is 12.7 Å². The fraction of sp³-hybridized carbons (Fsp3) is 0.200. The number of ether oxygens (including phenoxy) is 1. The number of amides is 1. The van der Waals surface area contributed by atoms with Gasteiger partial charge in [-0.3, -0.25) is 4.79 Å². The van der Waals surface area contributed by atoms with Crippen LogP contribution in [-0.4, -0.2) is 23.8 Å². The fourth-order valence-electron chi connectivity index (χ4n) is 3.26. The Kier molecular flexibility index (Phi) is 7.91. The molecule has 0 atom stereocenters. The number of hydrogen-bond acceptors (Lipinski definition) is 7. The molecule has 7 nitrogen and oxygen atoms in total. The molecule has 8 heteroatoms. The number of methoxy groups -OCH3 is 1. The third kappa shape index (κ3) is 5.62. The standard InChI is InChI=1S/C25H23N5O2S/c1-3-16-7-9-17(10-8-16)23-20(14-26)24(28)30-25(21(23)15-27)33-12-11-22(31)29-18-5-4-6-19(13-18)32-2/h4-10,13H,3,11-12H2,1-2H3,(H2,28,30)(H,29,31). The first-order chi connectivity index (χ1) is 16.0. The van der Waals surface area contributed by atoms with Crippen molar-refractivity contribution in [2.24, 2.45) is 0 Å². The third-order valence-corrected chi connectivity index (χ3v) is 5.96. The van der Waals surface area contributed by atoms with Crippen LogP contribution >= 0.6 is 11.8 Å². The maximum atomic E-state index is 12.4. The number of aromatic nitrogens is 1. The van der Waals surface area contributed by atoms with E-state index in [4.69, 9.17) is 10.5 Å². The van der Waals surface area contributed by atoms with Crippen molar-refractivity contribution in [2.75, 3.05) is 23.9 Å². The van der Waals surface area contributed by atoms with E-state index in [0.717, 1.165) is 17.5 Å². The van der Waals surface area contributed by atoms with Gasteiger partial charge in [0.2, 0.25) is 5.91 Å². The monoisotopic (exact) mass is 457 g/mol. The highest BCUT2D eigenvalue weighted by atomic mass is 32.2. The number of carbonyl (C=O) groups is 1. The van der Waals surface area contributed by atoms with Crippen LogP contribution in [0.15, 0.2) is 53.6 Å². The zero-order valence-corrected chi connectivity index (χ0v) is 19.2. The number of nitrogens with two attached hydrogens (primary N) is 1. The Morgan fingerprint density at radius 2 is 1.88 bits per heavy atom. The maximum Gasteiger partial charge on any atom is 0.225 e. The second-order valence-corrected chi connectivity index (χ2v) is 8.16. The van der Waals surface area contributed by atoms with Crippen LogP contribution in [0.25, 0.3) is 11.1 Å². The minimum atomic E-state index is -0.175. The van der Waals surface area contributed by atoms with Gasteiger partial charge in [-0.05, 0) is 29.7 Å². The van der Waals surface area contributed by atoms with Crippen molar-refractivity contribution in [3.8, 4) is 29.0 Å². The predicted octanol–water partition coefficient (Wildman–Crippen LogP) is 4.77. The summed E-state index contributed by atoms with van der Waals surface area (Å²) in [6.07, 6.45) is 1.09.